The smallest absolute Gasteiger partial charge is 0.178 e. The molecule has 0 saturated carbocycles. The molecule has 0 heterocycles. The minimum Gasteiger partial charge on any atom is -0.293 e. The molecule has 0 aliphatic rings. The summed E-state index contributed by atoms with van der Waals surface area (Å²) in [5.41, 5.74) is 3.11. The van der Waals surface area contributed by atoms with E-state index in [-0.39, 0.29) is 5.78 Å². The van der Waals surface area contributed by atoms with E-state index in [0.717, 1.165) is 22.3 Å². The first-order chi connectivity index (χ1) is 13.8. The number of hydrogen-bond donors (Lipinski definition) is 0. The van der Waals surface area contributed by atoms with Gasteiger partial charge in [0.2, 0.25) is 0 Å². The molecule has 0 saturated heterocycles. The Morgan fingerprint density at radius 3 is 1.39 bits per heavy atom. The lowest BCUT2D eigenvalue weighted by atomic mass is 9.66. The molecular weight excluding hydrogens is 340 g/mol. The summed E-state index contributed by atoms with van der Waals surface area (Å²) in [7, 11) is 0. The molecule has 0 radical (unpaired) electrons. The highest BCUT2D eigenvalue weighted by Gasteiger charge is 2.42. The van der Waals surface area contributed by atoms with Gasteiger partial charge in [-0.15, -0.1) is 0 Å². The van der Waals surface area contributed by atoms with Gasteiger partial charge in [-0.3, -0.25) is 4.79 Å². The topological polar surface area (TPSA) is 17.1 Å². The van der Waals surface area contributed by atoms with Crippen LogP contribution < -0.4 is 0 Å². The lowest BCUT2D eigenvalue weighted by Crippen LogP contribution is -2.39. The van der Waals surface area contributed by atoms with Crippen LogP contribution in [-0.2, 0) is 11.8 Å². The summed E-state index contributed by atoms with van der Waals surface area (Å²) < 4.78 is 0. The van der Waals surface area contributed by atoms with Crippen molar-refractivity contribution >= 4 is 5.78 Å². The average Bonchev–Trinajstić information content (AvgIpc) is 2.79. The number of Topliss-reactive ketones (excluding diaryl/α,β-unsaturated/α-hetero) is 1. The summed E-state index contributed by atoms with van der Waals surface area (Å²) in [6, 6.07) is 40.2. The first-order valence-corrected chi connectivity index (χ1v) is 9.55. The molecule has 0 bridgehead atoms. The largest absolute Gasteiger partial charge is 0.293 e. The molecular formula is C27H22O. The summed E-state index contributed by atoms with van der Waals surface area (Å²) in [6.07, 6.45) is 0.607. The maximum absolute atomic E-state index is 14.1. The van der Waals surface area contributed by atoms with Gasteiger partial charge in [-0.1, -0.05) is 121 Å². The van der Waals surface area contributed by atoms with Crippen LogP contribution in [0.5, 0.6) is 0 Å². The Bertz CT molecular complexity index is 983. The van der Waals surface area contributed by atoms with Gasteiger partial charge in [-0.2, -0.15) is 0 Å². The van der Waals surface area contributed by atoms with Gasteiger partial charge in [-0.25, -0.2) is 0 Å². The standard InChI is InChI=1S/C27H22O/c28-26(23-15-7-2-8-16-23)27(24-17-9-3-10-18-24,25-19-11-4-12-20-25)21-22-13-5-1-6-14-22/h1-20H,21H2. The first-order valence-electron chi connectivity index (χ1n) is 9.55. The third-order valence-electron chi connectivity index (χ3n) is 5.27. The highest BCUT2D eigenvalue weighted by molar-refractivity contribution is 6.06. The van der Waals surface area contributed by atoms with Gasteiger partial charge in [0.1, 0.15) is 0 Å². The van der Waals surface area contributed by atoms with E-state index in [1.807, 2.05) is 84.9 Å². The second-order valence-electron chi connectivity index (χ2n) is 6.99. The molecule has 0 N–H and O–H groups in total. The number of carbonyl (C=O) groups excluding carboxylic acids is 1. The van der Waals surface area contributed by atoms with Crippen molar-refractivity contribution < 1.29 is 4.79 Å². The fourth-order valence-corrected chi connectivity index (χ4v) is 3.90. The van der Waals surface area contributed by atoms with Gasteiger partial charge in [-0.05, 0) is 23.1 Å². The molecule has 28 heavy (non-hydrogen) atoms. The summed E-state index contributed by atoms with van der Waals surface area (Å²) in [5.74, 6) is 0.120. The highest BCUT2D eigenvalue weighted by atomic mass is 16.1. The number of ketones is 1. The predicted molar refractivity (Wildman–Crippen MR) is 115 cm³/mol. The molecule has 0 amide bonds. The van der Waals surface area contributed by atoms with Gasteiger partial charge in [0.15, 0.2) is 5.78 Å². The molecule has 0 aromatic heterocycles. The van der Waals surface area contributed by atoms with E-state index < -0.39 is 5.41 Å². The van der Waals surface area contributed by atoms with Crippen LogP contribution in [0.3, 0.4) is 0 Å². The lowest BCUT2D eigenvalue weighted by molar-refractivity contribution is 0.0911. The Hall–Kier alpha value is -3.45. The Morgan fingerprint density at radius 2 is 0.929 bits per heavy atom. The minimum absolute atomic E-state index is 0.120. The van der Waals surface area contributed by atoms with Crippen molar-refractivity contribution in [2.24, 2.45) is 0 Å². The lowest BCUT2D eigenvalue weighted by Gasteiger charge is -2.34. The van der Waals surface area contributed by atoms with Crippen LogP contribution in [0.1, 0.15) is 27.0 Å². The number of hydrogen-bond acceptors (Lipinski definition) is 1. The molecule has 136 valence electrons. The predicted octanol–water partition coefficient (Wildman–Crippen LogP) is 6.10. The van der Waals surface area contributed by atoms with E-state index in [2.05, 4.69) is 36.4 Å². The molecule has 4 aromatic carbocycles. The molecule has 1 nitrogen and oxygen atoms in total. The quantitative estimate of drug-likeness (QED) is 0.379. The average molecular weight is 362 g/mol. The molecule has 0 aliphatic heterocycles. The van der Waals surface area contributed by atoms with Crippen LogP contribution in [0.25, 0.3) is 0 Å². The van der Waals surface area contributed by atoms with Gasteiger partial charge in [0.25, 0.3) is 0 Å². The van der Waals surface area contributed by atoms with Crippen LogP contribution in [0.2, 0.25) is 0 Å². The van der Waals surface area contributed by atoms with Gasteiger partial charge >= 0.3 is 0 Å². The fraction of sp³-hybridized carbons (Fsp3) is 0.0741. The molecule has 1 heteroatoms. The van der Waals surface area contributed by atoms with Crippen molar-refractivity contribution in [3.63, 3.8) is 0 Å². The SMILES string of the molecule is O=C(c1ccccc1)C(Cc1ccccc1)(c1ccccc1)c1ccccc1. The third kappa shape index (κ3) is 3.39. The first kappa shape index (κ1) is 17.9. The van der Waals surface area contributed by atoms with Crippen LogP contribution in [0.15, 0.2) is 121 Å². The summed E-state index contributed by atoms with van der Waals surface area (Å²) in [6.45, 7) is 0. The van der Waals surface area contributed by atoms with E-state index in [0.29, 0.717) is 6.42 Å². The zero-order valence-electron chi connectivity index (χ0n) is 15.7. The van der Waals surface area contributed by atoms with Crippen LogP contribution in [0, 0.1) is 0 Å². The van der Waals surface area contributed by atoms with Crippen molar-refractivity contribution in [2.75, 3.05) is 0 Å². The number of rotatable bonds is 6. The van der Waals surface area contributed by atoms with Gasteiger partial charge < -0.3 is 0 Å². The molecule has 0 unspecified atom stereocenters. The van der Waals surface area contributed by atoms with Crippen molar-refractivity contribution in [3.05, 3.63) is 144 Å². The molecule has 4 aromatic rings. The maximum atomic E-state index is 14.1. The summed E-state index contributed by atoms with van der Waals surface area (Å²) in [5, 5.41) is 0. The van der Waals surface area contributed by atoms with Gasteiger partial charge in [0.05, 0.1) is 5.41 Å². The summed E-state index contributed by atoms with van der Waals surface area (Å²) in [4.78, 5) is 14.1. The number of benzene rings is 4. The van der Waals surface area contributed by atoms with Crippen LogP contribution in [0.4, 0.5) is 0 Å². The van der Waals surface area contributed by atoms with Gasteiger partial charge in [0, 0.05) is 5.56 Å². The van der Waals surface area contributed by atoms with Crippen LogP contribution >= 0.6 is 0 Å². The Kier molecular flexibility index (Phi) is 5.16. The second-order valence-corrected chi connectivity index (χ2v) is 6.99. The van der Waals surface area contributed by atoms with Crippen molar-refractivity contribution in [1.82, 2.24) is 0 Å². The monoisotopic (exact) mass is 362 g/mol. The fourth-order valence-electron chi connectivity index (χ4n) is 3.90. The molecule has 4 rings (SSSR count). The molecule has 0 atom stereocenters. The normalized spacial score (nSPS) is 11.1. The van der Waals surface area contributed by atoms with E-state index in [1.165, 1.54) is 0 Å². The number of carbonyl (C=O) groups is 1. The highest BCUT2D eigenvalue weighted by Crippen LogP contribution is 2.39. The van der Waals surface area contributed by atoms with E-state index >= 15 is 0 Å². The van der Waals surface area contributed by atoms with E-state index in [9.17, 15) is 4.79 Å². The van der Waals surface area contributed by atoms with E-state index in [1.54, 1.807) is 0 Å². The third-order valence-corrected chi connectivity index (χ3v) is 5.27. The van der Waals surface area contributed by atoms with Crippen molar-refractivity contribution in [2.45, 2.75) is 11.8 Å². The Morgan fingerprint density at radius 1 is 0.536 bits per heavy atom. The summed E-state index contributed by atoms with van der Waals surface area (Å²) >= 11 is 0. The zero-order chi connectivity index (χ0) is 19.2. The van der Waals surface area contributed by atoms with Crippen molar-refractivity contribution in [1.29, 1.82) is 0 Å². The second kappa shape index (κ2) is 8.06. The molecule has 0 spiro atoms. The van der Waals surface area contributed by atoms with E-state index in [4.69, 9.17) is 0 Å². The maximum Gasteiger partial charge on any atom is 0.178 e. The molecule has 0 aliphatic carbocycles. The zero-order valence-corrected chi connectivity index (χ0v) is 15.7. The Labute approximate surface area is 166 Å². The minimum atomic E-state index is -0.786. The molecule has 0 fully saturated rings. The Balaban J connectivity index is 1.98. The van der Waals surface area contributed by atoms with Crippen molar-refractivity contribution in [3.8, 4) is 0 Å². The van der Waals surface area contributed by atoms with Crippen LogP contribution in [-0.4, -0.2) is 5.78 Å².